The third kappa shape index (κ3) is 1.65. The standard InChI is InChI=1S/C14H16N2O2/c1-14(2)8-18-13(17)16-12(14)10-4-3-5-11-9(10)6-7-15-11/h3-7,12,15H,8H2,1-2H3,(H,16,17)/t12-/m1/s1. The van der Waals surface area contributed by atoms with Crippen molar-refractivity contribution >= 4 is 17.0 Å². The molecule has 2 aromatic rings. The molecular formula is C14H16N2O2. The van der Waals surface area contributed by atoms with Crippen LogP contribution in [0.3, 0.4) is 0 Å². The number of hydrogen-bond acceptors (Lipinski definition) is 2. The van der Waals surface area contributed by atoms with E-state index >= 15 is 0 Å². The smallest absolute Gasteiger partial charge is 0.407 e. The Balaban J connectivity index is 2.12. The Morgan fingerprint density at radius 2 is 2.17 bits per heavy atom. The number of benzene rings is 1. The molecule has 1 aliphatic rings. The van der Waals surface area contributed by atoms with Crippen LogP contribution in [0.15, 0.2) is 30.5 Å². The molecule has 0 bridgehead atoms. The molecule has 4 heteroatoms. The van der Waals surface area contributed by atoms with Crippen molar-refractivity contribution < 1.29 is 9.53 Å². The lowest BCUT2D eigenvalue weighted by Crippen LogP contribution is -2.46. The summed E-state index contributed by atoms with van der Waals surface area (Å²) in [6, 6.07) is 8.12. The maximum absolute atomic E-state index is 11.5. The molecule has 4 nitrogen and oxygen atoms in total. The molecule has 1 saturated heterocycles. The zero-order chi connectivity index (χ0) is 12.8. The van der Waals surface area contributed by atoms with Crippen LogP contribution in [0.2, 0.25) is 0 Å². The van der Waals surface area contributed by atoms with E-state index in [1.165, 1.54) is 0 Å². The predicted molar refractivity (Wildman–Crippen MR) is 69.3 cm³/mol. The highest BCUT2D eigenvalue weighted by Gasteiger charge is 2.38. The number of amides is 1. The predicted octanol–water partition coefficient (Wildman–Crippen LogP) is 2.98. The van der Waals surface area contributed by atoms with Crippen LogP contribution in [0.25, 0.3) is 10.9 Å². The quantitative estimate of drug-likeness (QED) is 0.810. The summed E-state index contributed by atoms with van der Waals surface area (Å²) in [5, 5.41) is 4.08. The first-order valence-corrected chi connectivity index (χ1v) is 6.07. The molecule has 0 radical (unpaired) electrons. The monoisotopic (exact) mass is 244 g/mol. The molecule has 1 amide bonds. The number of carbonyl (C=O) groups excluding carboxylic acids is 1. The van der Waals surface area contributed by atoms with Gasteiger partial charge >= 0.3 is 6.09 Å². The first kappa shape index (κ1) is 11.1. The van der Waals surface area contributed by atoms with E-state index in [0.717, 1.165) is 16.5 Å². The topological polar surface area (TPSA) is 54.1 Å². The zero-order valence-electron chi connectivity index (χ0n) is 10.5. The average molecular weight is 244 g/mol. The van der Waals surface area contributed by atoms with Crippen molar-refractivity contribution in [3.05, 3.63) is 36.0 Å². The summed E-state index contributed by atoms with van der Waals surface area (Å²) in [5.74, 6) is 0. The lowest BCUT2D eigenvalue weighted by Gasteiger charge is -2.38. The van der Waals surface area contributed by atoms with Crippen molar-refractivity contribution in [2.45, 2.75) is 19.9 Å². The van der Waals surface area contributed by atoms with Crippen LogP contribution in [0.5, 0.6) is 0 Å². The normalized spacial score (nSPS) is 22.6. The van der Waals surface area contributed by atoms with Crippen LogP contribution < -0.4 is 5.32 Å². The molecule has 1 atom stereocenters. The highest BCUT2D eigenvalue weighted by molar-refractivity contribution is 5.84. The van der Waals surface area contributed by atoms with Gasteiger partial charge in [0, 0.05) is 22.5 Å². The minimum Gasteiger partial charge on any atom is -0.449 e. The van der Waals surface area contributed by atoms with E-state index < -0.39 is 0 Å². The van der Waals surface area contributed by atoms with Gasteiger partial charge in [-0.3, -0.25) is 0 Å². The van der Waals surface area contributed by atoms with Crippen LogP contribution in [0.1, 0.15) is 25.5 Å². The first-order chi connectivity index (χ1) is 8.58. The van der Waals surface area contributed by atoms with Crippen LogP contribution in [-0.4, -0.2) is 17.7 Å². The molecule has 2 N–H and O–H groups in total. The average Bonchev–Trinajstić information content (AvgIpc) is 2.80. The highest BCUT2D eigenvalue weighted by Crippen LogP contribution is 2.38. The highest BCUT2D eigenvalue weighted by atomic mass is 16.6. The number of nitrogens with one attached hydrogen (secondary N) is 2. The zero-order valence-corrected chi connectivity index (χ0v) is 10.5. The summed E-state index contributed by atoms with van der Waals surface area (Å²) in [7, 11) is 0. The van der Waals surface area contributed by atoms with Gasteiger partial charge in [-0.15, -0.1) is 0 Å². The van der Waals surface area contributed by atoms with Gasteiger partial charge in [-0.1, -0.05) is 26.0 Å². The summed E-state index contributed by atoms with van der Waals surface area (Å²) in [6.45, 7) is 4.63. The number of aromatic nitrogens is 1. The number of rotatable bonds is 1. The minimum atomic E-state index is -0.341. The molecule has 0 aliphatic carbocycles. The van der Waals surface area contributed by atoms with Crippen molar-refractivity contribution in [1.82, 2.24) is 10.3 Å². The van der Waals surface area contributed by atoms with Crippen molar-refractivity contribution in [1.29, 1.82) is 0 Å². The molecule has 1 aromatic carbocycles. The molecule has 3 rings (SSSR count). The van der Waals surface area contributed by atoms with Gasteiger partial charge in [0.25, 0.3) is 0 Å². The van der Waals surface area contributed by atoms with Crippen LogP contribution in [0.4, 0.5) is 4.79 Å². The number of aromatic amines is 1. The van der Waals surface area contributed by atoms with E-state index in [-0.39, 0.29) is 17.6 Å². The molecule has 2 heterocycles. The Kier molecular flexibility index (Phi) is 2.33. The van der Waals surface area contributed by atoms with Crippen molar-refractivity contribution in [3.8, 4) is 0 Å². The van der Waals surface area contributed by atoms with Gasteiger partial charge in [-0.25, -0.2) is 4.79 Å². The molecule has 18 heavy (non-hydrogen) atoms. The summed E-state index contributed by atoms with van der Waals surface area (Å²) < 4.78 is 5.08. The largest absolute Gasteiger partial charge is 0.449 e. The summed E-state index contributed by atoms with van der Waals surface area (Å²) in [6.07, 6.45) is 1.58. The molecule has 1 fully saturated rings. The molecule has 0 spiro atoms. The lowest BCUT2D eigenvalue weighted by molar-refractivity contribution is 0.0391. The second kappa shape index (κ2) is 3.77. The minimum absolute atomic E-state index is 0.0294. The molecule has 1 aromatic heterocycles. The van der Waals surface area contributed by atoms with E-state index in [4.69, 9.17) is 4.74 Å². The third-order valence-corrected chi connectivity index (χ3v) is 3.56. The van der Waals surface area contributed by atoms with Gasteiger partial charge < -0.3 is 15.0 Å². The summed E-state index contributed by atoms with van der Waals surface area (Å²) in [5.41, 5.74) is 2.10. The maximum Gasteiger partial charge on any atom is 0.407 e. The van der Waals surface area contributed by atoms with E-state index in [2.05, 4.69) is 30.2 Å². The number of ether oxygens (including phenoxy) is 1. The Morgan fingerprint density at radius 3 is 3.00 bits per heavy atom. The second-order valence-corrected chi connectivity index (χ2v) is 5.43. The number of alkyl carbamates (subject to hydrolysis) is 1. The molecule has 94 valence electrons. The van der Waals surface area contributed by atoms with E-state index in [1.807, 2.05) is 24.4 Å². The van der Waals surface area contributed by atoms with Crippen molar-refractivity contribution in [2.75, 3.05) is 6.61 Å². The Bertz CT molecular complexity index is 601. The van der Waals surface area contributed by atoms with Gasteiger partial charge in [-0.2, -0.15) is 0 Å². The number of hydrogen-bond donors (Lipinski definition) is 2. The number of fused-ring (bicyclic) bond motifs is 1. The van der Waals surface area contributed by atoms with Gasteiger partial charge in [0.2, 0.25) is 0 Å². The van der Waals surface area contributed by atoms with Gasteiger partial charge in [-0.05, 0) is 17.7 Å². The fraction of sp³-hybridized carbons (Fsp3) is 0.357. The SMILES string of the molecule is CC1(C)COC(=O)N[C@@H]1c1cccc2[nH]ccc12. The lowest BCUT2D eigenvalue weighted by atomic mass is 9.79. The van der Waals surface area contributed by atoms with Crippen LogP contribution in [-0.2, 0) is 4.74 Å². The molecular weight excluding hydrogens is 228 g/mol. The summed E-state index contributed by atoms with van der Waals surface area (Å²) in [4.78, 5) is 14.7. The number of cyclic esters (lactones) is 1. The van der Waals surface area contributed by atoms with Gasteiger partial charge in [0.1, 0.15) is 6.61 Å². The van der Waals surface area contributed by atoms with E-state index in [9.17, 15) is 4.79 Å². The Hall–Kier alpha value is -1.97. The fourth-order valence-corrected chi connectivity index (χ4v) is 2.55. The molecule has 0 unspecified atom stereocenters. The molecule has 1 aliphatic heterocycles. The Morgan fingerprint density at radius 1 is 1.33 bits per heavy atom. The first-order valence-electron chi connectivity index (χ1n) is 6.07. The van der Waals surface area contributed by atoms with Crippen molar-refractivity contribution in [2.24, 2.45) is 5.41 Å². The Labute approximate surface area is 105 Å². The van der Waals surface area contributed by atoms with Crippen molar-refractivity contribution in [3.63, 3.8) is 0 Å². The second-order valence-electron chi connectivity index (χ2n) is 5.43. The van der Waals surface area contributed by atoms with E-state index in [1.54, 1.807) is 0 Å². The van der Waals surface area contributed by atoms with Gasteiger partial charge in [0.15, 0.2) is 0 Å². The molecule has 0 saturated carbocycles. The third-order valence-electron chi connectivity index (χ3n) is 3.56. The van der Waals surface area contributed by atoms with E-state index in [0.29, 0.717) is 6.61 Å². The number of H-pyrrole nitrogens is 1. The fourth-order valence-electron chi connectivity index (χ4n) is 2.55. The van der Waals surface area contributed by atoms with Crippen LogP contribution >= 0.6 is 0 Å². The number of carbonyl (C=O) groups is 1. The maximum atomic E-state index is 11.5. The van der Waals surface area contributed by atoms with Gasteiger partial charge in [0.05, 0.1) is 6.04 Å². The van der Waals surface area contributed by atoms with Crippen LogP contribution in [0, 0.1) is 5.41 Å². The summed E-state index contributed by atoms with van der Waals surface area (Å²) >= 11 is 0.